The Morgan fingerprint density at radius 1 is 0.737 bits per heavy atom. The average Bonchev–Trinajstić information content (AvgIpc) is 2.90. The molecule has 0 amide bonds. The van der Waals surface area contributed by atoms with E-state index in [-0.39, 0.29) is 11.6 Å². The molecule has 38 heavy (non-hydrogen) atoms. The van der Waals surface area contributed by atoms with Crippen LogP contribution in [0.1, 0.15) is 87.8 Å². The topological polar surface area (TPSA) is 9.23 Å². The Morgan fingerprint density at radius 3 is 2.11 bits per heavy atom. The van der Waals surface area contributed by atoms with Crippen molar-refractivity contribution in [2.75, 3.05) is 0 Å². The van der Waals surface area contributed by atoms with Crippen LogP contribution in [0.4, 0.5) is 17.6 Å². The van der Waals surface area contributed by atoms with E-state index in [1.165, 1.54) is 81.9 Å². The Bertz CT molecular complexity index is 1140. The number of rotatable bonds is 12. The van der Waals surface area contributed by atoms with Gasteiger partial charge in [-0.2, -0.15) is 0 Å². The number of unbranched alkanes of at least 4 members (excludes halogenated alkanes) is 3. The summed E-state index contributed by atoms with van der Waals surface area (Å²) in [7, 11) is 0. The van der Waals surface area contributed by atoms with Gasteiger partial charge >= 0.3 is 6.36 Å². The third-order valence-electron chi connectivity index (χ3n) is 8.21. The molecule has 3 aromatic carbocycles. The van der Waals surface area contributed by atoms with Crippen LogP contribution in [0.3, 0.4) is 0 Å². The molecule has 1 nitrogen and oxygen atoms in total. The van der Waals surface area contributed by atoms with Gasteiger partial charge in [0.1, 0.15) is 11.6 Å². The van der Waals surface area contributed by atoms with Crippen LogP contribution in [0.15, 0.2) is 54.6 Å². The summed E-state index contributed by atoms with van der Waals surface area (Å²) in [6.45, 7) is 2.27. The molecule has 0 N–H and O–H groups in total. The van der Waals surface area contributed by atoms with E-state index in [0.717, 1.165) is 29.2 Å². The third-order valence-corrected chi connectivity index (χ3v) is 8.21. The summed E-state index contributed by atoms with van der Waals surface area (Å²) in [5.74, 6) is 1.29. The maximum absolute atomic E-state index is 15.3. The number of benzene rings is 3. The molecule has 5 heteroatoms. The van der Waals surface area contributed by atoms with Crippen LogP contribution in [0.2, 0.25) is 0 Å². The number of aryl methyl sites for hydroxylation is 3. The highest BCUT2D eigenvalue weighted by Gasteiger charge is 2.31. The van der Waals surface area contributed by atoms with Crippen molar-refractivity contribution in [2.45, 2.75) is 96.8 Å². The van der Waals surface area contributed by atoms with Crippen LogP contribution in [0, 0.1) is 17.7 Å². The molecule has 1 fully saturated rings. The molecule has 0 aliphatic heterocycles. The molecular formula is C33H40F4O. The average molecular weight is 529 g/mol. The van der Waals surface area contributed by atoms with E-state index in [4.69, 9.17) is 0 Å². The van der Waals surface area contributed by atoms with Gasteiger partial charge in [0.15, 0.2) is 0 Å². The van der Waals surface area contributed by atoms with Crippen LogP contribution >= 0.6 is 0 Å². The number of hydrogen-bond acceptors (Lipinski definition) is 1. The second kappa shape index (κ2) is 13.5. The van der Waals surface area contributed by atoms with Gasteiger partial charge in [0.05, 0.1) is 0 Å². The standard InChI is InChI=1S/C33H40F4O/c1-2-3-4-5-6-24-7-9-25(10-8-24)11-12-27-16-22-31-29(23-27)19-18-28(32(31)34)17-13-26-14-20-30(21-15-26)38-33(35,36)37/h14-16,18-25H,2-13,17H2,1H3. The Labute approximate surface area is 224 Å². The first-order chi connectivity index (χ1) is 18.3. The minimum absolute atomic E-state index is 0.205. The molecule has 4 rings (SSSR count). The predicted octanol–water partition coefficient (Wildman–Crippen LogP) is 10.4. The van der Waals surface area contributed by atoms with E-state index >= 15 is 4.39 Å². The van der Waals surface area contributed by atoms with Crippen molar-refractivity contribution in [3.8, 4) is 5.75 Å². The zero-order chi connectivity index (χ0) is 27.0. The monoisotopic (exact) mass is 528 g/mol. The van der Waals surface area contributed by atoms with Gasteiger partial charge in [-0.3, -0.25) is 0 Å². The number of halogens is 4. The highest BCUT2D eigenvalue weighted by atomic mass is 19.4. The van der Waals surface area contributed by atoms with Crippen molar-refractivity contribution in [1.29, 1.82) is 0 Å². The van der Waals surface area contributed by atoms with Gasteiger partial charge < -0.3 is 4.74 Å². The summed E-state index contributed by atoms with van der Waals surface area (Å²) < 4.78 is 56.2. The van der Waals surface area contributed by atoms with Gasteiger partial charge in [0.25, 0.3) is 0 Å². The fraction of sp³-hybridized carbons (Fsp3) is 0.515. The lowest BCUT2D eigenvalue weighted by molar-refractivity contribution is -0.274. The smallest absolute Gasteiger partial charge is 0.406 e. The number of ether oxygens (including phenoxy) is 1. The van der Waals surface area contributed by atoms with E-state index in [2.05, 4.69) is 23.8 Å². The van der Waals surface area contributed by atoms with E-state index in [9.17, 15) is 13.2 Å². The van der Waals surface area contributed by atoms with Crippen molar-refractivity contribution >= 4 is 10.8 Å². The second-order valence-corrected chi connectivity index (χ2v) is 11.1. The van der Waals surface area contributed by atoms with E-state index in [1.54, 1.807) is 12.1 Å². The molecule has 0 saturated heterocycles. The molecule has 1 saturated carbocycles. The Morgan fingerprint density at radius 2 is 1.42 bits per heavy atom. The highest BCUT2D eigenvalue weighted by molar-refractivity contribution is 5.84. The molecule has 0 atom stereocenters. The van der Waals surface area contributed by atoms with Crippen LogP contribution in [-0.2, 0) is 19.3 Å². The van der Waals surface area contributed by atoms with Crippen molar-refractivity contribution in [3.63, 3.8) is 0 Å². The predicted molar refractivity (Wildman–Crippen MR) is 147 cm³/mol. The molecule has 0 bridgehead atoms. The molecule has 0 spiro atoms. The molecule has 1 aliphatic carbocycles. The minimum atomic E-state index is -4.71. The van der Waals surface area contributed by atoms with Crippen molar-refractivity contribution in [1.82, 2.24) is 0 Å². The van der Waals surface area contributed by atoms with E-state index in [0.29, 0.717) is 23.8 Å². The van der Waals surface area contributed by atoms with E-state index < -0.39 is 6.36 Å². The quantitative estimate of drug-likeness (QED) is 0.168. The summed E-state index contributed by atoms with van der Waals surface area (Å²) >= 11 is 0. The number of fused-ring (bicyclic) bond motifs is 1. The van der Waals surface area contributed by atoms with Crippen LogP contribution < -0.4 is 4.74 Å². The zero-order valence-corrected chi connectivity index (χ0v) is 22.5. The second-order valence-electron chi connectivity index (χ2n) is 11.1. The van der Waals surface area contributed by atoms with Crippen LogP contribution in [-0.4, -0.2) is 6.36 Å². The molecule has 3 aromatic rings. The first kappa shape index (κ1) is 28.4. The number of alkyl halides is 3. The largest absolute Gasteiger partial charge is 0.573 e. The Balaban J connectivity index is 1.26. The third kappa shape index (κ3) is 8.47. The molecule has 0 radical (unpaired) electrons. The molecule has 0 aromatic heterocycles. The molecule has 0 unspecified atom stereocenters. The Kier molecular flexibility index (Phi) is 10.1. The number of hydrogen-bond donors (Lipinski definition) is 0. The zero-order valence-electron chi connectivity index (χ0n) is 22.5. The maximum atomic E-state index is 15.3. The highest BCUT2D eigenvalue weighted by Crippen LogP contribution is 2.35. The fourth-order valence-corrected chi connectivity index (χ4v) is 5.91. The molecule has 0 heterocycles. The van der Waals surface area contributed by atoms with Gasteiger partial charge in [-0.1, -0.05) is 107 Å². The first-order valence-corrected chi connectivity index (χ1v) is 14.4. The van der Waals surface area contributed by atoms with E-state index in [1.807, 2.05) is 18.2 Å². The SMILES string of the molecule is CCCCCCC1CCC(CCc2ccc3c(F)c(CCc4ccc(OC(F)(F)F)cc4)ccc3c2)CC1. The van der Waals surface area contributed by atoms with Gasteiger partial charge in [-0.25, -0.2) is 4.39 Å². The van der Waals surface area contributed by atoms with Crippen LogP contribution in [0.5, 0.6) is 5.75 Å². The molecule has 1 aliphatic rings. The lowest BCUT2D eigenvalue weighted by Gasteiger charge is -2.28. The first-order valence-electron chi connectivity index (χ1n) is 14.4. The van der Waals surface area contributed by atoms with Gasteiger partial charge in [0.2, 0.25) is 0 Å². The minimum Gasteiger partial charge on any atom is -0.406 e. The summed E-state index contributed by atoms with van der Waals surface area (Å²) in [4.78, 5) is 0. The molecular weight excluding hydrogens is 488 g/mol. The van der Waals surface area contributed by atoms with Crippen molar-refractivity contribution in [2.24, 2.45) is 11.8 Å². The van der Waals surface area contributed by atoms with Gasteiger partial charge in [0, 0.05) is 5.39 Å². The maximum Gasteiger partial charge on any atom is 0.573 e. The lowest BCUT2D eigenvalue weighted by atomic mass is 9.77. The van der Waals surface area contributed by atoms with Gasteiger partial charge in [-0.05, 0) is 71.7 Å². The van der Waals surface area contributed by atoms with Crippen molar-refractivity contribution in [3.05, 3.63) is 77.1 Å². The normalized spacial score (nSPS) is 18.1. The summed E-state index contributed by atoms with van der Waals surface area (Å²) in [5.41, 5.74) is 2.72. The summed E-state index contributed by atoms with van der Waals surface area (Å²) in [5, 5.41) is 1.55. The summed E-state index contributed by atoms with van der Waals surface area (Å²) in [6, 6.07) is 15.7. The fourth-order valence-electron chi connectivity index (χ4n) is 5.91. The molecule has 206 valence electrons. The van der Waals surface area contributed by atoms with Crippen molar-refractivity contribution < 1.29 is 22.3 Å². The lowest BCUT2D eigenvalue weighted by Crippen LogP contribution is -2.17. The Hall–Kier alpha value is -2.56. The summed E-state index contributed by atoms with van der Waals surface area (Å²) in [6.07, 6.45) is 10.9. The van der Waals surface area contributed by atoms with Gasteiger partial charge in [-0.15, -0.1) is 13.2 Å². The van der Waals surface area contributed by atoms with Crippen LogP contribution in [0.25, 0.3) is 10.8 Å².